The highest BCUT2D eigenvalue weighted by Crippen LogP contribution is 2.46. The van der Waals surface area contributed by atoms with Crippen molar-refractivity contribution in [3.05, 3.63) is 29.5 Å². The van der Waals surface area contributed by atoms with Crippen molar-refractivity contribution in [3.8, 4) is 5.75 Å². The zero-order chi connectivity index (χ0) is 20.6. The number of esters is 1. The molecule has 2 N–H and O–H groups in total. The Morgan fingerprint density at radius 1 is 1.22 bits per heavy atom. The first-order chi connectivity index (χ1) is 12.5. The van der Waals surface area contributed by atoms with Crippen LogP contribution in [0.1, 0.15) is 29.9 Å². The Kier molecular flexibility index (Phi) is 5.41. The van der Waals surface area contributed by atoms with Crippen molar-refractivity contribution >= 4 is 22.8 Å². The summed E-state index contributed by atoms with van der Waals surface area (Å²) in [5, 5.41) is 19.8. The summed E-state index contributed by atoms with van der Waals surface area (Å²) in [6, 6.07) is 3.93. The Morgan fingerprint density at radius 2 is 1.85 bits per heavy atom. The molecule has 10 heteroatoms. The van der Waals surface area contributed by atoms with Crippen LogP contribution in [0.3, 0.4) is 0 Å². The number of fused-ring (bicyclic) bond motifs is 1. The Labute approximate surface area is 151 Å². The minimum Gasteiger partial charge on any atom is -0.497 e. The Hall–Kier alpha value is -2.75. The third-order valence-corrected chi connectivity index (χ3v) is 4.13. The number of benzene rings is 1. The average Bonchev–Trinajstić information content (AvgIpc) is 2.93. The van der Waals surface area contributed by atoms with E-state index in [-0.39, 0.29) is 23.2 Å². The molecule has 1 aromatic carbocycles. The fourth-order valence-corrected chi connectivity index (χ4v) is 2.97. The van der Waals surface area contributed by atoms with Crippen molar-refractivity contribution in [2.45, 2.75) is 32.2 Å². The molecular weight excluding hydrogens is 371 g/mol. The third kappa shape index (κ3) is 3.09. The van der Waals surface area contributed by atoms with E-state index in [0.717, 1.165) is 10.6 Å². The molecule has 148 valence electrons. The van der Waals surface area contributed by atoms with Crippen LogP contribution in [0.15, 0.2) is 18.2 Å². The third-order valence-electron chi connectivity index (χ3n) is 4.13. The van der Waals surface area contributed by atoms with Crippen LogP contribution in [-0.4, -0.2) is 46.6 Å². The van der Waals surface area contributed by atoms with Crippen LogP contribution >= 0.6 is 0 Å². The largest absolute Gasteiger partial charge is 0.497 e. The molecule has 1 heterocycles. The molecule has 0 radical (unpaired) electrons. The van der Waals surface area contributed by atoms with Crippen molar-refractivity contribution in [2.75, 3.05) is 13.7 Å². The van der Waals surface area contributed by atoms with Crippen LogP contribution in [-0.2, 0) is 21.7 Å². The fraction of sp³-hybridized carbons (Fsp3) is 0.412. The van der Waals surface area contributed by atoms with Crippen LogP contribution in [0.2, 0.25) is 0 Å². The SMILES string of the molecule is CCOC(=O)C(O)(c1c(C(=O)O)n(CC)c2ccc(OC)cc12)C(F)(F)F. The number of carbonyl (C=O) groups is 2. The second-order valence-electron chi connectivity index (χ2n) is 5.58. The minimum absolute atomic E-state index is 0.0127. The van der Waals surface area contributed by atoms with Crippen molar-refractivity contribution in [3.63, 3.8) is 0 Å². The number of aliphatic hydroxyl groups is 1. The van der Waals surface area contributed by atoms with Gasteiger partial charge in [0.25, 0.3) is 5.60 Å². The molecule has 1 unspecified atom stereocenters. The van der Waals surface area contributed by atoms with E-state index in [9.17, 15) is 33.0 Å². The Morgan fingerprint density at radius 3 is 2.30 bits per heavy atom. The predicted octanol–water partition coefficient (Wildman–Crippen LogP) is 2.68. The molecule has 0 saturated carbocycles. The number of carbonyl (C=O) groups excluding carboxylic acids is 1. The van der Waals surface area contributed by atoms with E-state index in [1.807, 2.05) is 0 Å². The molecule has 27 heavy (non-hydrogen) atoms. The van der Waals surface area contributed by atoms with Crippen molar-refractivity contribution in [1.82, 2.24) is 4.57 Å². The lowest BCUT2D eigenvalue weighted by molar-refractivity contribution is -0.267. The van der Waals surface area contributed by atoms with Crippen LogP contribution in [0.4, 0.5) is 13.2 Å². The number of ether oxygens (including phenoxy) is 2. The molecule has 1 atom stereocenters. The summed E-state index contributed by atoms with van der Waals surface area (Å²) in [4.78, 5) is 24.0. The number of aromatic nitrogens is 1. The lowest BCUT2D eigenvalue weighted by Crippen LogP contribution is -2.51. The lowest BCUT2D eigenvalue weighted by Gasteiger charge is -2.28. The summed E-state index contributed by atoms with van der Waals surface area (Å²) in [6.45, 7) is 2.35. The van der Waals surface area contributed by atoms with Gasteiger partial charge >= 0.3 is 18.1 Å². The number of aryl methyl sites for hydroxylation is 1. The smallest absolute Gasteiger partial charge is 0.432 e. The number of methoxy groups -OCH3 is 1. The maximum absolute atomic E-state index is 13.8. The van der Waals surface area contributed by atoms with Gasteiger partial charge in [-0.2, -0.15) is 13.2 Å². The summed E-state index contributed by atoms with van der Waals surface area (Å²) in [5.41, 5.74) is -6.02. The standard InChI is InChI=1S/C17H18F3NO6/c1-4-21-11-7-6-9(26-3)8-10(11)12(13(21)14(22)23)16(25,17(18,19)20)15(24)27-5-2/h6-8,25H,4-5H2,1-3H3,(H,22,23). The molecule has 0 aliphatic carbocycles. The summed E-state index contributed by atoms with van der Waals surface area (Å²) in [6.07, 6.45) is -5.53. The van der Waals surface area contributed by atoms with E-state index >= 15 is 0 Å². The number of hydrogen-bond acceptors (Lipinski definition) is 5. The first-order valence-corrected chi connectivity index (χ1v) is 7.94. The van der Waals surface area contributed by atoms with Gasteiger partial charge in [-0.3, -0.25) is 0 Å². The molecule has 1 aromatic heterocycles. The topological polar surface area (TPSA) is 98.0 Å². The average molecular weight is 389 g/mol. The fourth-order valence-electron chi connectivity index (χ4n) is 2.97. The number of halogens is 3. The Bertz CT molecular complexity index is 889. The molecule has 7 nitrogen and oxygen atoms in total. The molecular formula is C17H18F3NO6. The number of carboxylic acid groups (broad SMARTS) is 1. The van der Waals surface area contributed by atoms with E-state index in [0.29, 0.717) is 0 Å². The highest BCUT2D eigenvalue weighted by atomic mass is 19.4. The number of alkyl halides is 3. The number of nitrogens with zero attached hydrogens (tertiary/aromatic N) is 1. The molecule has 0 aliphatic heterocycles. The van der Waals surface area contributed by atoms with Gasteiger partial charge in [0, 0.05) is 23.0 Å². The summed E-state index contributed by atoms with van der Waals surface area (Å²) >= 11 is 0. The molecule has 2 aromatic rings. The monoisotopic (exact) mass is 389 g/mol. The van der Waals surface area contributed by atoms with E-state index < -0.39 is 41.6 Å². The number of hydrogen-bond donors (Lipinski definition) is 2. The van der Waals surface area contributed by atoms with Gasteiger partial charge in [0.05, 0.1) is 13.7 Å². The van der Waals surface area contributed by atoms with Gasteiger partial charge in [-0.25, -0.2) is 9.59 Å². The van der Waals surface area contributed by atoms with E-state index in [4.69, 9.17) is 4.74 Å². The number of aromatic carboxylic acids is 1. The van der Waals surface area contributed by atoms with Gasteiger partial charge < -0.3 is 24.3 Å². The van der Waals surface area contributed by atoms with E-state index in [1.54, 1.807) is 0 Å². The zero-order valence-electron chi connectivity index (χ0n) is 14.8. The van der Waals surface area contributed by atoms with E-state index in [1.165, 1.54) is 33.1 Å². The molecule has 0 bridgehead atoms. The van der Waals surface area contributed by atoms with Crippen LogP contribution in [0, 0.1) is 0 Å². The Balaban J connectivity index is 3.06. The maximum Gasteiger partial charge on any atom is 0.432 e. The minimum atomic E-state index is -5.53. The lowest BCUT2D eigenvalue weighted by atomic mass is 9.90. The van der Waals surface area contributed by atoms with Gasteiger partial charge in [-0.05, 0) is 32.0 Å². The zero-order valence-corrected chi connectivity index (χ0v) is 14.8. The van der Waals surface area contributed by atoms with Crippen LogP contribution in [0.5, 0.6) is 5.75 Å². The van der Waals surface area contributed by atoms with Crippen molar-refractivity contribution < 1.29 is 42.4 Å². The summed E-state index contributed by atoms with van der Waals surface area (Å²) < 4.78 is 52.0. The van der Waals surface area contributed by atoms with Gasteiger partial charge in [0.1, 0.15) is 11.4 Å². The summed E-state index contributed by atoms with van der Waals surface area (Å²) in [5.74, 6) is -3.60. The first kappa shape index (κ1) is 20.6. The molecule has 0 amide bonds. The maximum atomic E-state index is 13.8. The molecule has 0 aliphatic rings. The van der Waals surface area contributed by atoms with Gasteiger partial charge in [-0.1, -0.05) is 0 Å². The second kappa shape index (κ2) is 7.10. The normalized spacial score (nSPS) is 14.0. The highest BCUT2D eigenvalue weighted by molar-refractivity contribution is 6.03. The predicted molar refractivity (Wildman–Crippen MR) is 87.7 cm³/mol. The second-order valence-corrected chi connectivity index (χ2v) is 5.58. The molecule has 0 fully saturated rings. The first-order valence-electron chi connectivity index (χ1n) is 7.94. The van der Waals surface area contributed by atoms with Crippen molar-refractivity contribution in [2.24, 2.45) is 0 Å². The molecule has 0 spiro atoms. The molecule has 0 saturated heterocycles. The van der Waals surface area contributed by atoms with Crippen LogP contribution < -0.4 is 4.74 Å². The summed E-state index contributed by atoms with van der Waals surface area (Å²) in [7, 11) is 1.27. The number of rotatable bonds is 6. The van der Waals surface area contributed by atoms with E-state index in [2.05, 4.69) is 4.74 Å². The van der Waals surface area contributed by atoms with Crippen molar-refractivity contribution in [1.29, 1.82) is 0 Å². The van der Waals surface area contributed by atoms with Gasteiger partial charge in [-0.15, -0.1) is 0 Å². The van der Waals surface area contributed by atoms with Gasteiger partial charge in [0.15, 0.2) is 0 Å². The highest BCUT2D eigenvalue weighted by Gasteiger charge is 2.64. The molecule has 2 rings (SSSR count). The van der Waals surface area contributed by atoms with Gasteiger partial charge in [0.2, 0.25) is 0 Å². The quantitative estimate of drug-likeness (QED) is 0.738. The van der Waals surface area contributed by atoms with Crippen LogP contribution in [0.25, 0.3) is 10.9 Å². The number of carboxylic acids is 1.